The molecular formula is C23H35ClN4O3. The summed E-state index contributed by atoms with van der Waals surface area (Å²) >= 11 is 6.01. The van der Waals surface area contributed by atoms with Crippen LogP contribution in [0.25, 0.3) is 0 Å². The molecule has 2 fully saturated rings. The van der Waals surface area contributed by atoms with E-state index < -0.39 is 0 Å². The lowest BCUT2D eigenvalue weighted by atomic mass is 9.99. The van der Waals surface area contributed by atoms with Gasteiger partial charge in [-0.2, -0.15) is 0 Å². The molecule has 0 bridgehead atoms. The van der Waals surface area contributed by atoms with Gasteiger partial charge in [0.15, 0.2) is 0 Å². The number of morpholine rings is 1. The third-order valence-corrected chi connectivity index (χ3v) is 6.13. The molecule has 2 saturated heterocycles. The first-order chi connectivity index (χ1) is 14.7. The highest BCUT2D eigenvalue weighted by Crippen LogP contribution is 2.21. The van der Waals surface area contributed by atoms with Gasteiger partial charge in [0.1, 0.15) is 0 Å². The van der Waals surface area contributed by atoms with Crippen LogP contribution in [-0.2, 0) is 9.53 Å². The van der Waals surface area contributed by atoms with Crippen molar-refractivity contribution in [3.8, 4) is 0 Å². The first-order valence-corrected chi connectivity index (χ1v) is 11.6. The summed E-state index contributed by atoms with van der Waals surface area (Å²) in [5, 5.41) is 3.48. The zero-order chi connectivity index (χ0) is 22.5. The number of halogens is 1. The Hall–Kier alpha value is -1.83. The van der Waals surface area contributed by atoms with E-state index in [0.29, 0.717) is 36.9 Å². The summed E-state index contributed by atoms with van der Waals surface area (Å²) in [6.07, 6.45) is 0.996. The molecule has 31 heavy (non-hydrogen) atoms. The average Bonchev–Trinajstić information content (AvgIpc) is 2.93. The lowest BCUT2D eigenvalue weighted by Gasteiger charge is -2.42. The Labute approximate surface area is 190 Å². The molecule has 0 unspecified atom stereocenters. The van der Waals surface area contributed by atoms with Gasteiger partial charge in [-0.15, -0.1) is 0 Å². The molecular weight excluding hydrogens is 416 g/mol. The van der Waals surface area contributed by atoms with Gasteiger partial charge >= 0.3 is 6.03 Å². The fourth-order valence-electron chi connectivity index (χ4n) is 4.60. The standard InChI is InChI=1S/C23H35ClN4O3/c1-16(2)21(28-14-17(3)31-18(4)15-28)22(29)26-9-6-10-27(12-11-26)23(30)25-20-8-5-7-19(24)13-20/h5,7-8,13,16-18,21H,6,9-12,14-15H2,1-4H3,(H,25,30)/t17-,18+,21-/m1/s1. The molecule has 0 aromatic heterocycles. The second-order valence-electron chi connectivity index (χ2n) is 9.01. The minimum absolute atomic E-state index is 0.118. The number of rotatable bonds is 4. The number of hydrogen-bond acceptors (Lipinski definition) is 4. The van der Waals surface area contributed by atoms with E-state index >= 15 is 0 Å². The van der Waals surface area contributed by atoms with Gasteiger partial charge in [0.25, 0.3) is 0 Å². The van der Waals surface area contributed by atoms with E-state index in [1.54, 1.807) is 23.1 Å². The maximum absolute atomic E-state index is 13.5. The number of anilines is 1. The molecule has 0 aliphatic carbocycles. The highest BCUT2D eigenvalue weighted by molar-refractivity contribution is 6.30. The number of urea groups is 1. The molecule has 2 aliphatic rings. The van der Waals surface area contributed by atoms with Crippen LogP contribution in [-0.4, -0.2) is 84.2 Å². The second-order valence-corrected chi connectivity index (χ2v) is 9.44. The van der Waals surface area contributed by atoms with Crippen LogP contribution in [0.15, 0.2) is 24.3 Å². The minimum atomic E-state index is -0.166. The van der Waals surface area contributed by atoms with Crippen LogP contribution < -0.4 is 5.32 Å². The zero-order valence-electron chi connectivity index (χ0n) is 19.0. The molecule has 0 saturated carbocycles. The number of carbonyl (C=O) groups is 2. The van der Waals surface area contributed by atoms with Crippen LogP contribution >= 0.6 is 11.6 Å². The Bertz CT molecular complexity index is 765. The summed E-state index contributed by atoms with van der Waals surface area (Å²) in [5.74, 6) is 0.365. The number of nitrogens with one attached hydrogen (secondary N) is 1. The van der Waals surface area contributed by atoms with Gasteiger partial charge in [0.2, 0.25) is 5.91 Å². The van der Waals surface area contributed by atoms with Crippen LogP contribution in [0.1, 0.15) is 34.1 Å². The number of benzene rings is 1. The van der Waals surface area contributed by atoms with Crippen molar-refractivity contribution in [2.75, 3.05) is 44.6 Å². The fourth-order valence-corrected chi connectivity index (χ4v) is 4.79. The molecule has 1 aromatic carbocycles. The highest BCUT2D eigenvalue weighted by atomic mass is 35.5. The molecule has 0 radical (unpaired) electrons. The van der Waals surface area contributed by atoms with Crippen LogP contribution in [0.4, 0.5) is 10.5 Å². The third kappa shape index (κ3) is 6.34. The molecule has 172 valence electrons. The molecule has 3 atom stereocenters. The number of nitrogens with zero attached hydrogens (tertiary/aromatic N) is 3. The Morgan fingerprint density at radius 3 is 2.35 bits per heavy atom. The Morgan fingerprint density at radius 2 is 1.71 bits per heavy atom. The molecule has 3 amide bonds. The van der Waals surface area contributed by atoms with Gasteiger partial charge in [-0.1, -0.05) is 31.5 Å². The van der Waals surface area contributed by atoms with Crippen molar-refractivity contribution in [3.63, 3.8) is 0 Å². The molecule has 1 N–H and O–H groups in total. The SMILES string of the molecule is CC(C)[C@H](C(=O)N1CCCN(C(=O)Nc2cccc(Cl)c2)CC1)N1C[C@@H](C)O[C@@H](C)C1. The molecule has 7 nitrogen and oxygen atoms in total. The molecule has 3 rings (SSSR count). The van der Waals surface area contributed by atoms with E-state index in [1.165, 1.54) is 0 Å². The van der Waals surface area contributed by atoms with Crippen molar-refractivity contribution in [1.82, 2.24) is 14.7 Å². The maximum Gasteiger partial charge on any atom is 0.321 e. The number of amides is 3. The molecule has 8 heteroatoms. The van der Waals surface area contributed by atoms with E-state index in [4.69, 9.17) is 16.3 Å². The molecule has 1 aromatic rings. The van der Waals surface area contributed by atoms with Crippen LogP contribution in [0, 0.1) is 5.92 Å². The van der Waals surface area contributed by atoms with Crippen LogP contribution in [0.5, 0.6) is 0 Å². The number of hydrogen-bond donors (Lipinski definition) is 1. The predicted molar refractivity (Wildman–Crippen MR) is 123 cm³/mol. The monoisotopic (exact) mass is 450 g/mol. The lowest BCUT2D eigenvalue weighted by molar-refractivity contribution is -0.145. The summed E-state index contributed by atoms with van der Waals surface area (Å²) in [6, 6.07) is 6.79. The van der Waals surface area contributed by atoms with E-state index in [-0.39, 0.29) is 36.1 Å². The van der Waals surface area contributed by atoms with Gasteiger partial charge in [-0.3, -0.25) is 9.69 Å². The summed E-state index contributed by atoms with van der Waals surface area (Å²) in [5.41, 5.74) is 0.671. The molecule has 0 spiro atoms. The highest BCUT2D eigenvalue weighted by Gasteiger charge is 2.37. The van der Waals surface area contributed by atoms with Crippen molar-refractivity contribution < 1.29 is 14.3 Å². The van der Waals surface area contributed by atoms with Gasteiger partial charge in [-0.05, 0) is 44.4 Å². The maximum atomic E-state index is 13.5. The predicted octanol–water partition coefficient (Wildman–Crippen LogP) is 3.54. The number of ether oxygens (including phenoxy) is 1. The zero-order valence-corrected chi connectivity index (χ0v) is 19.8. The van der Waals surface area contributed by atoms with Crippen molar-refractivity contribution in [3.05, 3.63) is 29.3 Å². The largest absolute Gasteiger partial charge is 0.373 e. The molecule has 2 heterocycles. The van der Waals surface area contributed by atoms with E-state index in [9.17, 15) is 9.59 Å². The van der Waals surface area contributed by atoms with Gasteiger partial charge in [-0.25, -0.2) is 4.79 Å². The number of carbonyl (C=O) groups excluding carboxylic acids is 2. The summed E-state index contributed by atoms with van der Waals surface area (Å²) in [4.78, 5) is 32.2. The summed E-state index contributed by atoms with van der Waals surface area (Å²) in [6.45, 7) is 12.2. The Morgan fingerprint density at radius 1 is 1.06 bits per heavy atom. The second kappa shape index (κ2) is 10.7. The van der Waals surface area contributed by atoms with Gasteiger partial charge < -0.3 is 19.9 Å². The van der Waals surface area contributed by atoms with Crippen LogP contribution in [0.2, 0.25) is 5.02 Å². The van der Waals surface area contributed by atoms with E-state index in [1.807, 2.05) is 11.0 Å². The summed E-state index contributed by atoms with van der Waals surface area (Å²) in [7, 11) is 0. The van der Waals surface area contributed by atoms with Gasteiger partial charge in [0, 0.05) is 50.0 Å². The van der Waals surface area contributed by atoms with E-state index in [0.717, 1.165) is 19.5 Å². The lowest BCUT2D eigenvalue weighted by Crippen LogP contribution is -2.58. The Balaban J connectivity index is 1.61. The quantitative estimate of drug-likeness (QED) is 0.762. The van der Waals surface area contributed by atoms with E-state index in [2.05, 4.69) is 37.9 Å². The average molecular weight is 451 g/mol. The van der Waals surface area contributed by atoms with Gasteiger partial charge in [0.05, 0.1) is 18.2 Å². The minimum Gasteiger partial charge on any atom is -0.373 e. The summed E-state index contributed by atoms with van der Waals surface area (Å²) < 4.78 is 5.86. The molecule has 2 aliphatic heterocycles. The first kappa shape index (κ1) is 23.8. The van der Waals surface area contributed by atoms with Crippen molar-refractivity contribution in [1.29, 1.82) is 0 Å². The Kier molecular flexibility index (Phi) is 8.19. The fraction of sp³-hybridized carbons (Fsp3) is 0.652. The van der Waals surface area contributed by atoms with Crippen molar-refractivity contribution in [2.45, 2.75) is 52.4 Å². The third-order valence-electron chi connectivity index (χ3n) is 5.90. The first-order valence-electron chi connectivity index (χ1n) is 11.2. The smallest absolute Gasteiger partial charge is 0.321 e. The van der Waals surface area contributed by atoms with Crippen LogP contribution in [0.3, 0.4) is 0 Å². The van der Waals surface area contributed by atoms with Crippen molar-refractivity contribution in [2.24, 2.45) is 5.92 Å². The topological polar surface area (TPSA) is 65.1 Å². The van der Waals surface area contributed by atoms with Crippen molar-refractivity contribution >= 4 is 29.2 Å². The normalized spacial score (nSPS) is 24.1.